The number of carbonyl (C=O) groups is 1. The number of hydrogen-bond donors (Lipinski definition) is 1. The van der Waals surface area contributed by atoms with Crippen LogP contribution in [0.2, 0.25) is 0 Å². The highest BCUT2D eigenvalue weighted by molar-refractivity contribution is 5.79. The van der Waals surface area contributed by atoms with Gasteiger partial charge in [-0.15, -0.1) is 0 Å². The lowest BCUT2D eigenvalue weighted by atomic mass is 9.66. The van der Waals surface area contributed by atoms with E-state index in [0.29, 0.717) is 24.9 Å². The molecule has 33 heavy (non-hydrogen) atoms. The Hall–Kier alpha value is -3.05. The number of likely N-dealkylation sites (tertiary alicyclic amines) is 1. The van der Waals surface area contributed by atoms with Crippen LogP contribution in [0.1, 0.15) is 48.3 Å². The second-order valence-electron chi connectivity index (χ2n) is 9.29. The van der Waals surface area contributed by atoms with Crippen molar-refractivity contribution >= 4 is 5.91 Å². The van der Waals surface area contributed by atoms with E-state index in [1.54, 1.807) is 12.1 Å². The van der Waals surface area contributed by atoms with Gasteiger partial charge in [-0.05, 0) is 66.1 Å². The van der Waals surface area contributed by atoms with Crippen LogP contribution in [0.3, 0.4) is 0 Å². The minimum Gasteiger partial charge on any atom is -0.335 e. The first-order valence-corrected chi connectivity index (χ1v) is 11.9. The Balaban J connectivity index is 1.43. The van der Waals surface area contributed by atoms with Crippen LogP contribution < -0.4 is 5.32 Å². The minimum atomic E-state index is -0.246. The van der Waals surface area contributed by atoms with E-state index in [1.807, 2.05) is 30.6 Å². The molecule has 5 heteroatoms. The van der Waals surface area contributed by atoms with Crippen LogP contribution in [0, 0.1) is 11.7 Å². The molecule has 0 spiro atoms. The first-order chi connectivity index (χ1) is 16.2. The fourth-order valence-electron chi connectivity index (χ4n) is 5.76. The quantitative estimate of drug-likeness (QED) is 0.579. The number of benzene rings is 2. The zero-order chi connectivity index (χ0) is 22.6. The van der Waals surface area contributed by atoms with Crippen molar-refractivity contribution in [1.82, 2.24) is 15.2 Å². The molecule has 5 rings (SSSR count). The smallest absolute Gasteiger partial charge is 0.223 e. The lowest BCUT2D eigenvalue weighted by Gasteiger charge is -2.51. The lowest BCUT2D eigenvalue weighted by molar-refractivity contribution is -0.143. The van der Waals surface area contributed by atoms with Crippen molar-refractivity contribution in [3.8, 4) is 0 Å². The Kier molecular flexibility index (Phi) is 6.49. The van der Waals surface area contributed by atoms with Gasteiger partial charge in [-0.25, -0.2) is 4.39 Å². The first kappa shape index (κ1) is 21.8. The van der Waals surface area contributed by atoms with Gasteiger partial charge in [0.15, 0.2) is 0 Å². The van der Waals surface area contributed by atoms with Crippen LogP contribution in [-0.2, 0) is 17.9 Å². The Labute approximate surface area is 194 Å². The van der Waals surface area contributed by atoms with E-state index in [1.165, 1.54) is 23.3 Å². The average Bonchev–Trinajstić information content (AvgIpc) is 2.86. The molecule has 2 fully saturated rings. The Morgan fingerprint density at radius 3 is 2.45 bits per heavy atom. The summed E-state index contributed by atoms with van der Waals surface area (Å²) in [6.07, 6.45) is 7.38. The van der Waals surface area contributed by atoms with E-state index in [-0.39, 0.29) is 23.7 Å². The molecule has 4 atom stereocenters. The Bertz CT molecular complexity index is 1060. The molecular formula is C28H30FN3O. The standard InChI is InChI=1S/C28H30FN3O/c29-23-11-9-21(10-12-23)19-32-26-8-4-7-25(31-18-20-13-15-30-16-14-20)28(26)24(17-27(32)33)22-5-2-1-3-6-22/h1-3,5-6,9-16,24-26,28,31H,4,7-8,17-19H2/t24-,25+,26-,28+/m1/s1. The van der Waals surface area contributed by atoms with Gasteiger partial charge >= 0.3 is 0 Å². The van der Waals surface area contributed by atoms with E-state index in [0.717, 1.165) is 31.4 Å². The summed E-state index contributed by atoms with van der Waals surface area (Å²) >= 11 is 0. The Morgan fingerprint density at radius 2 is 1.70 bits per heavy atom. The fraction of sp³-hybridized carbons (Fsp3) is 0.357. The number of pyridine rings is 1. The van der Waals surface area contributed by atoms with Gasteiger partial charge in [-0.3, -0.25) is 9.78 Å². The zero-order valence-electron chi connectivity index (χ0n) is 18.7. The summed E-state index contributed by atoms with van der Waals surface area (Å²) in [6, 6.07) is 21.7. The molecule has 0 unspecified atom stereocenters. The number of carbonyl (C=O) groups excluding carboxylic acids is 1. The van der Waals surface area contributed by atoms with Crippen molar-refractivity contribution in [3.05, 3.63) is 102 Å². The van der Waals surface area contributed by atoms with Gasteiger partial charge in [0.1, 0.15) is 5.82 Å². The molecule has 2 heterocycles. The molecule has 2 aliphatic rings. The number of piperidine rings is 1. The van der Waals surface area contributed by atoms with Crippen LogP contribution in [-0.4, -0.2) is 27.9 Å². The molecule has 1 aromatic heterocycles. The molecular weight excluding hydrogens is 413 g/mol. The molecule has 170 valence electrons. The SMILES string of the molecule is O=C1C[C@H](c2ccccc2)[C@H]2[C@@H](NCc3ccncc3)CCC[C@H]2N1Cc1ccc(F)cc1. The first-order valence-electron chi connectivity index (χ1n) is 11.9. The van der Waals surface area contributed by atoms with Crippen molar-refractivity contribution < 1.29 is 9.18 Å². The van der Waals surface area contributed by atoms with Gasteiger partial charge in [0.25, 0.3) is 0 Å². The predicted molar refractivity (Wildman–Crippen MR) is 127 cm³/mol. The Morgan fingerprint density at radius 1 is 0.939 bits per heavy atom. The van der Waals surface area contributed by atoms with Crippen molar-refractivity contribution in [3.63, 3.8) is 0 Å². The number of rotatable bonds is 6. The van der Waals surface area contributed by atoms with Crippen molar-refractivity contribution in [1.29, 1.82) is 0 Å². The van der Waals surface area contributed by atoms with Gasteiger partial charge in [0.2, 0.25) is 5.91 Å². The van der Waals surface area contributed by atoms with Gasteiger partial charge in [0, 0.05) is 49.9 Å². The van der Waals surface area contributed by atoms with Crippen LogP contribution in [0.25, 0.3) is 0 Å². The summed E-state index contributed by atoms with van der Waals surface area (Å²) in [7, 11) is 0. The monoisotopic (exact) mass is 443 g/mol. The normalized spacial score (nSPS) is 25.0. The molecule has 1 amide bonds. The maximum Gasteiger partial charge on any atom is 0.223 e. The molecule has 3 aromatic rings. The zero-order valence-corrected chi connectivity index (χ0v) is 18.7. The third kappa shape index (κ3) is 4.83. The number of nitrogens with one attached hydrogen (secondary N) is 1. The minimum absolute atomic E-state index is 0.171. The molecule has 0 radical (unpaired) electrons. The molecule has 1 aliphatic heterocycles. The number of hydrogen-bond acceptors (Lipinski definition) is 3. The van der Waals surface area contributed by atoms with Crippen molar-refractivity contribution in [2.45, 2.75) is 56.8 Å². The van der Waals surface area contributed by atoms with Gasteiger partial charge < -0.3 is 10.2 Å². The molecule has 1 saturated carbocycles. The third-order valence-electron chi connectivity index (χ3n) is 7.32. The largest absolute Gasteiger partial charge is 0.335 e. The van der Waals surface area contributed by atoms with Gasteiger partial charge in [0.05, 0.1) is 0 Å². The summed E-state index contributed by atoms with van der Waals surface area (Å²) in [4.78, 5) is 19.6. The predicted octanol–water partition coefficient (Wildman–Crippen LogP) is 5.06. The van der Waals surface area contributed by atoms with E-state index in [4.69, 9.17) is 0 Å². The maximum absolute atomic E-state index is 13.4. The maximum atomic E-state index is 13.4. The summed E-state index contributed by atoms with van der Waals surface area (Å²) in [5.41, 5.74) is 3.45. The van der Waals surface area contributed by atoms with Crippen LogP contribution >= 0.6 is 0 Å². The number of aromatic nitrogens is 1. The average molecular weight is 444 g/mol. The van der Waals surface area contributed by atoms with E-state index >= 15 is 0 Å². The van der Waals surface area contributed by atoms with Gasteiger partial charge in [-0.2, -0.15) is 0 Å². The second-order valence-corrected chi connectivity index (χ2v) is 9.29. The highest BCUT2D eigenvalue weighted by Crippen LogP contribution is 2.45. The second kappa shape index (κ2) is 9.84. The summed E-state index contributed by atoms with van der Waals surface area (Å²) in [6.45, 7) is 1.34. The van der Waals surface area contributed by atoms with Crippen LogP contribution in [0.5, 0.6) is 0 Å². The third-order valence-corrected chi connectivity index (χ3v) is 7.32. The van der Waals surface area contributed by atoms with Gasteiger partial charge in [-0.1, -0.05) is 42.5 Å². The number of amides is 1. The number of halogens is 1. The molecule has 4 nitrogen and oxygen atoms in total. The molecule has 1 N–H and O–H groups in total. The highest BCUT2D eigenvalue weighted by Gasteiger charge is 2.47. The van der Waals surface area contributed by atoms with E-state index in [9.17, 15) is 9.18 Å². The number of nitrogens with zero attached hydrogens (tertiary/aromatic N) is 2. The highest BCUT2D eigenvalue weighted by atomic mass is 19.1. The topological polar surface area (TPSA) is 45.2 Å². The molecule has 0 bridgehead atoms. The van der Waals surface area contributed by atoms with Crippen LogP contribution in [0.4, 0.5) is 4.39 Å². The molecule has 2 aromatic carbocycles. The summed E-state index contributed by atoms with van der Waals surface area (Å²) < 4.78 is 13.4. The molecule has 1 aliphatic carbocycles. The molecule has 1 saturated heterocycles. The summed E-state index contributed by atoms with van der Waals surface area (Å²) in [5, 5.41) is 3.83. The van der Waals surface area contributed by atoms with Crippen molar-refractivity contribution in [2.24, 2.45) is 5.92 Å². The van der Waals surface area contributed by atoms with Crippen molar-refractivity contribution in [2.75, 3.05) is 0 Å². The van der Waals surface area contributed by atoms with Crippen LogP contribution in [0.15, 0.2) is 79.1 Å². The van der Waals surface area contributed by atoms with E-state index in [2.05, 4.69) is 39.5 Å². The summed E-state index contributed by atoms with van der Waals surface area (Å²) in [5.74, 6) is 0.484. The lowest BCUT2D eigenvalue weighted by Crippen LogP contribution is -2.59. The fourth-order valence-corrected chi connectivity index (χ4v) is 5.76. The number of fused-ring (bicyclic) bond motifs is 1. The van der Waals surface area contributed by atoms with E-state index < -0.39 is 0 Å².